The van der Waals surface area contributed by atoms with Crippen LogP contribution in [0.1, 0.15) is 0 Å². The largest absolute Gasteiger partial charge is 0.397 e. The van der Waals surface area contributed by atoms with Gasteiger partial charge >= 0.3 is 0 Å². The first-order valence-electron chi connectivity index (χ1n) is 4.50. The zero-order chi connectivity index (χ0) is 9.97. The molecule has 2 N–H and O–H groups in total. The molecular formula is C10H13N3O. The van der Waals surface area contributed by atoms with Crippen LogP contribution in [0.2, 0.25) is 0 Å². The van der Waals surface area contributed by atoms with Gasteiger partial charge in [0.15, 0.2) is 0 Å². The number of nitrogens with two attached hydrogens (primary N) is 1. The van der Waals surface area contributed by atoms with E-state index in [0.29, 0.717) is 12.3 Å². The molecule has 4 heteroatoms. The second-order valence-corrected chi connectivity index (χ2v) is 3.18. The van der Waals surface area contributed by atoms with Gasteiger partial charge in [-0.3, -0.25) is 0 Å². The molecule has 0 saturated heterocycles. The molecule has 74 valence electrons. The van der Waals surface area contributed by atoms with Crippen molar-refractivity contribution < 1.29 is 4.74 Å². The van der Waals surface area contributed by atoms with Crippen LogP contribution in [0, 0.1) is 0 Å². The van der Waals surface area contributed by atoms with E-state index in [-0.39, 0.29) is 0 Å². The lowest BCUT2D eigenvalue weighted by Crippen LogP contribution is -2.03. The number of rotatable bonds is 3. The first-order chi connectivity index (χ1) is 6.81. The molecule has 2 aromatic heterocycles. The Labute approximate surface area is 82.3 Å². The summed E-state index contributed by atoms with van der Waals surface area (Å²) in [4.78, 5) is 4.28. The van der Waals surface area contributed by atoms with Crippen molar-refractivity contribution in [2.24, 2.45) is 0 Å². The predicted octanol–water partition coefficient (Wildman–Crippen LogP) is 1.26. The van der Waals surface area contributed by atoms with E-state index in [1.807, 2.05) is 18.3 Å². The highest BCUT2D eigenvalue weighted by molar-refractivity contribution is 5.79. The predicted molar refractivity (Wildman–Crippen MR) is 56.0 cm³/mol. The molecular weight excluding hydrogens is 178 g/mol. The summed E-state index contributed by atoms with van der Waals surface area (Å²) in [5.41, 5.74) is 7.29. The van der Waals surface area contributed by atoms with Crippen molar-refractivity contribution in [3.05, 3.63) is 24.5 Å². The molecule has 0 saturated carbocycles. The normalized spacial score (nSPS) is 10.9. The van der Waals surface area contributed by atoms with Crippen molar-refractivity contribution in [3.63, 3.8) is 0 Å². The van der Waals surface area contributed by atoms with Gasteiger partial charge in [-0.15, -0.1) is 0 Å². The minimum atomic E-state index is 0.690. The standard InChI is InChI=1S/C10H13N3O/c1-14-5-4-13-3-2-8-6-9(11)7-12-10(8)13/h2-3,6-7H,4-5,11H2,1H3. The van der Waals surface area contributed by atoms with Crippen LogP contribution in [0.15, 0.2) is 24.5 Å². The Morgan fingerprint density at radius 2 is 2.43 bits per heavy atom. The van der Waals surface area contributed by atoms with Crippen LogP contribution >= 0.6 is 0 Å². The van der Waals surface area contributed by atoms with E-state index in [0.717, 1.165) is 17.6 Å². The average Bonchev–Trinajstić information content (AvgIpc) is 2.57. The minimum Gasteiger partial charge on any atom is -0.397 e. The van der Waals surface area contributed by atoms with Crippen molar-refractivity contribution >= 4 is 16.7 Å². The fourth-order valence-electron chi connectivity index (χ4n) is 1.47. The molecule has 4 nitrogen and oxygen atoms in total. The molecule has 14 heavy (non-hydrogen) atoms. The van der Waals surface area contributed by atoms with Gasteiger partial charge in [-0.25, -0.2) is 4.98 Å². The zero-order valence-corrected chi connectivity index (χ0v) is 8.10. The van der Waals surface area contributed by atoms with E-state index < -0.39 is 0 Å². The molecule has 0 aliphatic carbocycles. The molecule has 0 radical (unpaired) electrons. The van der Waals surface area contributed by atoms with Gasteiger partial charge in [-0.05, 0) is 12.1 Å². The maximum atomic E-state index is 5.64. The second kappa shape index (κ2) is 3.67. The maximum absolute atomic E-state index is 5.64. The fourth-order valence-corrected chi connectivity index (χ4v) is 1.47. The number of methoxy groups -OCH3 is 1. The Morgan fingerprint density at radius 1 is 1.57 bits per heavy atom. The number of anilines is 1. The van der Waals surface area contributed by atoms with E-state index in [1.165, 1.54) is 0 Å². The number of fused-ring (bicyclic) bond motifs is 1. The van der Waals surface area contributed by atoms with Gasteiger partial charge in [0.2, 0.25) is 0 Å². The first-order valence-corrected chi connectivity index (χ1v) is 4.50. The second-order valence-electron chi connectivity index (χ2n) is 3.18. The third kappa shape index (κ3) is 1.56. The topological polar surface area (TPSA) is 53.1 Å². The van der Waals surface area contributed by atoms with Gasteiger partial charge in [0.25, 0.3) is 0 Å². The first kappa shape index (κ1) is 9.02. The minimum absolute atomic E-state index is 0.690. The molecule has 0 atom stereocenters. The summed E-state index contributed by atoms with van der Waals surface area (Å²) < 4.78 is 7.07. The Balaban J connectivity index is 2.37. The highest BCUT2D eigenvalue weighted by Gasteiger charge is 2.01. The number of pyridine rings is 1. The van der Waals surface area contributed by atoms with E-state index in [2.05, 4.69) is 9.55 Å². The van der Waals surface area contributed by atoms with Crippen molar-refractivity contribution in [2.45, 2.75) is 6.54 Å². The summed E-state index contributed by atoms with van der Waals surface area (Å²) >= 11 is 0. The molecule has 0 aromatic carbocycles. The summed E-state index contributed by atoms with van der Waals surface area (Å²) in [7, 11) is 1.69. The maximum Gasteiger partial charge on any atom is 0.140 e. The van der Waals surface area contributed by atoms with Crippen molar-refractivity contribution in [2.75, 3.05) is 19.5 Å². The van der Waals surface area contributed by atoms with E-state index in [1.54, 1.807) is 13.3 Å². The molecule has 2 rings (SSSR count). The Hall–Kier alpha value is -1.55. The summed E-state index contributed by atoms with van der Waals surface area (Å²) in [6, 6.07) is 3.93. The van der Waals surface area contributed by atoms with E-state index in [9.17, 15) is 0 Å². The number of aromatic nitrogens is 2. The summed E-state index contributed by atoms with van der Waals surface area (Å²) in [6.45, 7) is 1.51. The number of nitrogens with zero attached hydrogens (tertiary/aromatic N) is 2. The van der Waals surface area contributed by atoms with Gasteiger partial charge < -0.3 is 15.0 Å². The lowest BCUT2D eigenvalue weighted by atomic mass is 10.3. The van der Waals surface area contributed by atoms with Crippen molar-refractivity contribution in [3.8, 4) is 0 Å². The number of ether oxygens (including phenoxy) is 1. The lowest BCUT2D eigenvalue weighted by Gasteiger charge is -2.03. The summed E-state index contributed by atoms with van der Waals surface area (Å²) in [5.74, 6) is 0. The van der Waals surface area contributed by atoms with Gasteiger partial charge in [-0.2, -0.15) is 0 Å². The number of hydrogen-bond donors (Lipinski definition) is 1. The van der Waals surface area contributed by atoms with Gasteiger partial charge in [0.1, 0.15) is 5.65 Å². The van der Waals surface area contributed by atoms with Gasteiger partial charge in [0, 0.05) is 25.2 Å². The highest BCUT2D eigenvalue weighted by Crippen LogP contribution is 2.15. The third-order valence-electron chi connectivity index (χ3n) is 2.16. The van der Waals surface area contributed by atoms with Gasteiger partial charge in [-0.1, -0.05) is 0 Å². The Morgan fingerprint density at radius 3 is 3.21 bits per heavy atom. The van der Waals surface area contributed by atoms with Crippen LogP contribution in [0.25, 0.3) is 11.0 Å². The molecule has 0 bridgehead atoms. The Bertz CT molecular complexity index is 436. The van der Waals surface area contributed by atoms with Gasteiger partial charge in [0.05, 0.1) is 18.5 Å². The number of hydrogen-bond acceptors (Lipinski definition) is 3. The fraction of sp³-hybridized carbons (Fsp3) is 0.300. The van der Waals surface area contributed by atoms with Crippen LogP contribution in [0.3, 0.4) is 0 Å². The molecule has 0 amide bonds. The summed E-state index contributed by atoms with van der Waals surface area (Å²) in [6.07, 6.45) is 3.67. The molecule has 0 aliphatic heterocycles. The average molecular weight is 191 g/mol. The monoisotopic (exact) mass is 191 g/mol. The molecule has 0 spiro atoms. The third-order valence-corrected chi connectivity index (χ3v) is 2.16. The van der Waals surface area contributed by atoms with Crippen LogP contribution in [0.5, 0.6) is 0 Å². The van der Waals surface area contributed by atoms with Crippen LogP contribution in [-0.4, -0.2) is 23.3 Å². The van der Waals surface area contributed by atoms with Crippen LogP contribution in [0.4, 0.5) is 5.69 Å². The van der Waals surface area contributed by atoms with Crippen LogP contribution in [-0.2, 0) is 11.3 Å². The molecule has 0 fully saturated rings. The lowest BCUT2D eigenvalue weighted by molar-refractivity contribution is 0.188. The quantitative estimate of drug-likeness (QED) is 0.794. The van der Waals surface area contributed by atoms with E-state index >= 15 is 0 Å². The Kier molecular flexibility index (Phi) is 2.37. The summed E-state index contributed by atoms with van der Waals surface area (Å²) in [5, 5.41) is 1.07. The van der Waals surface area contributed by atoms with Crippen molar-refractivity contribution in [1.29, 1.82) is 0 Å². The van der Waals surface area contributed by atoms with Crippen molar-refractivity contribution in [1.82, 2.24) is 9.55 Å². The SMILES string of the molecule is COCCn1ccc2cc(N)cnc21. The highest BCUT2D eigenvalue weighted by atomic mass is 16.5. The zero-order valence-electron chi connectivity index (χ0n) is 8.10. The van der Waals surface area contributed by atoms with E-state index in [4.69, 9.17) is 10.5 Å². The molecule has 2 heterocycles. The number of nitrogen functional groups attached to an aromatic ring is 1. The smallest absolute Gasteiger partial charge is 0.140 e. The molecule has 0 aliphatic rings. The van der Waals surface area contributed by atoms with Crippen LogP contribution < -0.4 is 5.73 Å². The molecule has 2 aromatic rings. The molecule has 0 unspecified atom stereocenters.